The summed E-state index contributed by atoms with van der Waals surface area (Å²) in [4.78, 5) is 23.5. The van der Waals surface area contributed by atoms with E-state index in [1.165, 1.54) is 6.07 Å². The molecule has 0 bridgehead atoms. The van der Waals surface area contributed by atoms with Crippen LogP contribution in [0, 0.1) is 23.0 Å². The molecular weight excluding hydrogens is 232 g/mol. The van der Waals surface area contributed by atoms with Gasteiger partial charge in [0.1, 0.15) is 12.0 Å². The number of nitro groups is 1. The number of rotatable bonds is 3. The van der Waals surface area contributed by atoms with Crippen LogP contribution in [0.15, 0.2) is 18.2 Å². The number of carbonyl (C=O) groups is 1. The molecule has 0 spiro atoms. The number of benzene rings is 1. The number of nitrogens with zero attached hydrogens (tertiary/aromatic N) is 2. The summed E-state index contributed by atoms with van der Waals surface area (Å²) >= 11 is 0. The van der Waals surface area contributed by atoms with Crippen molar-refractivity contribution in [3.8, 4) is 0 Å². The van der Waals surface area contributed by atoms with E-state index in [4.69, 9.17) is 0 Å². The number of aldehydes is 1. The quantitative estimate of drug-likeness (QED) is 0.468. The van der Waals surface area contributed by atoms with Crippen LogP contribution < -0.4 is 4.90 Å². The number of para-hydroxylation sites is 1. The fourth-order valence-electron chi connectivity index (χ4n) is 2.46. The van der Waals surface area contributed by atoms with Gasteiger partial charge in [-0.3, -0.25) is 10.1 Å². The molecule has 18 heavy (non-hydrogen) atoms. The van der Waals surface area contributed by atoms with Crippen molar-refractivity contribution in [2.24, 2.45) is 5.92 Å². The van der Waals surface area contributed by atoms with Crippen molar-refractivity contribution < 1.29 is 9.72 Å². The summed E-state index contributed by atoms with van der Waals surface area (Å²) in [5.74, 6) is 0.101. The zero-order valence-electron chi connectivity index (χ0n) is 10.3. The highest BCUT2D eigenvalue weighted by molar-refractivity contribution is 5.68. The van der Waals surface area contributed by atoms with Gasteiger partial charge in [0.05, 0.1) is 4.92 Å². The third kappa shape index (κ3) is 2.34. The van der Waals surface area contributed by atoms with Gasteiger partial charge in [-0.2, -0.15) is 0 Å². The van der Waals surface area contributed by atoms with E-state index in [0.717, 1.165) is 24.7 Å². The minimum Gasteiger partial charge on any atom is -0.366 e. The van der Waals surface area contributed by atoms with Gasteiger partial charge >= 0.3 is 0 Å². The fraction of sp³-hybridized carbons (Fsp3) is 0.462. The summed E-state index contributed by atoms with van der Waals surface area (Å²) in [5, 5.41) is 11.1. The van der Waals surface area contributed by atoms with Crippen molar-refractivity contribution >= 4 is 17.7 Å². The highest BCUT2D eigenvalue weighted by Gasteiger charge is 2.25. The Balaban J connectivity index is 2.28. The smallest absolute Gasteiger partial charge is 0.292 e. The molecule has 96 valence electrons. The first kappa shape index (κ1) is 12.5. The molecule has 0 atom stereocenters. The molecule has 0 radical (unpaired) electrons. The average Bonchev–Trinajstić information content (AvgIpc) is 2.38. The zero-order chi connectivity index (χ0) is 13.1. The van der Waals surface area contributed by atoms with Gasteiger partial charge in [0, 0.05) is 25.1 Å². The maximum absolute atomic E-state index is 11.1. The van der Waals surface area contributed by atoms with Gasteiger partial charge in [0.15, 0.2) is 0 Å². The number of piperidine rings is 1. The molecule has 1 fully saturated rings. The Morgan fingerprint density at radius 3 is 2.61 bits per heavy atom. The third-order valence-electron chi connectivity index (χ3n) is 3.46. The van der Waals surface area contributed by atoms with Crippen LogP contribution in [0.3, 0.4) is 0 Å². The van der Waals surface area contributed by atoms with Crippen molar-refractivity contribution in [1.29, 1.82) is 0 Å². The van der Waals surface area contributed by atoms with Crippen molar-refractivity contribution in [3.63, 3.8) is 0 Å². The highest BCUT2D eigenvalue weighted by atomic mass is 16.6. The standard InChI is InChI=1S/C13H16N2O3/c1-10-3-2-4-12(15(17)18)13(10)14-7-5-11(9-16)6-8-14/h2-4,9,11H,5-8H2,1H3. The Kier molecular flexibility index (Phi) is 3.60. The summed E-state index contributed by atoms with van der Waals surface area (Å²) < 4.78 is 0. The lowest BCUT2D eigenvalue weighted by Crippen LogP contribution is -2.34. The maximum atomic E-state index is 11.1. The topological polar surface area (TPSA) is 63.5 Å². The van der Waals surface area contributed by atoms with Crippen LogP contribution in [0.25, 0.3) is 0 Å². The second-order valence-corrected chi connectivity index (χ2v) is 4.66. The molecule has 5 heteroatoms. The normalized spacial score (nSPS) is 16.6. The Morgan fingerprint density at radius 1 is 1.39 bits per heavy atom. The van der Waals surface area contributed by atoms with E-state index in [1.54, 1.807) is 6.07 Å². The van der Waals surface area contributed by atoms with Crippen molar-refractivity contribution in [3.05, 3.63) is 33.9 Å². The molecule has 1 heterocycles. The third-order valence-corrected chi connectivity index (χ3v) is 3.46. The highest BCUT2D eigenvalue weighted by Crippen LogP contribution is 2.33. The van der Waals surface area contributed by atoms with Crippen LogP contribution >= 0.6 is 0 Å². The predicted molar refractivity (Wildman–Crippen MR) is 68.8 cm³/mol. The molecule has 1 aromatic carbocycles. The van der Waals surface area contributed by atoms with E-state index in [1.807, 2.05) is 17.9 Å². The number of anilines is 1. The van der Waals surface area contributed by atoms with Gasteiger partial charge in [-0.1, -0.05) is 12.1 Å². The Hall–Kier alpha value is -1.91. The van der Waals surface area contributed by atoms with Crippen LogP contribution in [-0.2, 0) is 4.79 Å². The van der Waals surface area contributed by atoms with Crippen LogP contribution in [0.5, 0.6) is 0 Å². The van der Waals surface area contributed by atoms with Gasteiger partial charge in [0.2, 0.25) is 0 Å². The van der Waals surface area contributed by atoms with E-state index in [2.05, 4.69) is 0 Å². The van der Waals surface area contributed by atoms with E-state index in [0.29, 0.717) is 18.8 Å². The van der Waals surface area contributed by atoms with E-state index in [-0.39, 0.29) is 16.5 Å². The lowest BCUT2D eigenvalue weighted by atomic mass is 9.97. The van der Waals surface area contributed by atoms with Crippen LogP contribution in [0.4, 0.5) is 11.4 Å². The molecule has 0 saturated carbocycles. The van der Waals surface area contributed by atoms with Gasteiger partial charge in [-0.25, -0.2) is 0 Å². The second kappa shape index (κ2) is 5.16. The molecule has 1 aliphatic heterocycles. The van der Waals surface area contributed by atoms with Crippen LogP contribution in [0.1, 0.15) is 18.4 Å². The molecule has 1 saturated heterocycles. The summed E-state index contributed by atoms with van der Waals surface area (Å²) in [6.07, 6.45) is 2.54. The van der Waals surface area contributed by atoms with Gasteiger partial charge < -0.3 is 9.69 Å². The molecule has 5 nitrogen and oxygen atoms in total. The number of hydrogen-bond acceptors (Lipinski definition) is 4. The van der Waals surface area contributed by atoms with Crippen LogP contribution in [0.2, 0.25) is 0 Å². The summed E-state index contributed by atoms with van der Waals surface area (Å²) in [5.41, 5.74) is 1.76. The van der Waals surface area contributed by atoms with Crippen molar-refractivity contribution in [2.45, 2.75) is 19.8 Å². The molecule has 2 rings (SSSR count). The molecular formula is C13H16N2O3. The molecule has 1 aliphatic rings. The first-order valence-corrected chi connectivity index (χ1v) is 6.07. The van der Waals surface area contributed by atoms with Gasteiger partial charge in [-0.15, -0.1) is 0 Å². The lowest BCUT2D eigenvalue weighted by Gasteiger charge is -2.32. The molecule has 0 unspecified atom stereocenters. The average molecular weight is 248 g/mol. The number of hydrogen-bond donors (Lipinski definition) is 0. The van der Waals surface area contributed by atoms with E-state index >= 15 is 0 Å². The lowest BCUT2D eigenvalue weighted by molar-refractivity contribution is -0.384. The monoisotopic (exact) mass is 248 g/mol. The zero-order valence-corrected chi connectivity index (χ0v) is 10.3. The number of aryl methyl sites for hydroxylation is 1. The summed E-state index contributed by atoms with van der Waals surface area (Å²) in [6, 6.07) is 5.12. The summed E-state index contributed by atoms with van der Waals surface area (Å²) in [7, 11) is 0. The largest absolute Gasteiger partial charge is 0.366 e. The van der Waals surface area contributed by atoms with Gasteiger partial charge in [-0.05, 0) is 25.3 Å². The molecule has 0 aromatic heterocycles. The van der Waals surface area contributed by atoms with Crippen LogP contribution in [-0.4, -0.2) is 24.3 Å². The molecule has 0 aliphatic carbocycles. The van der Waals surface area contributed by atoms with Crippen molar-refractivity contribution in [1.82, 2.24) is 0 Å². The minimum atomic E-state index is -0.339. The van der Waals surface area contributed by atoms with Crippen molar-refractivity contribution in [2.75, 3.05) is 18.0 Å². The first-order valence-electron chi connectivity index (χ1n) is 6.07. The molecule has 0 amide bonds. The minimum absolute atomic E-state index is 0.101. The molecule has 0 N–H and O–H groups in total. The van der Waals surface area contributed by atoms with Gasteiger partial charge in [0.25, 0.3) is 5.69 Å². The van der Waals surface area contributed by atoms with E-state index in [9.17, 15) is 14.9 Å². The Morgan fingerprint density at radius 2 is 2.06 bits per heavy atom. The molecule has 1 aromatic rings. The van der Waals surface area contributed by atoms with E-state index < -0.39 is 0 Å². The first-order chi connectivity index (χ1) is 8.63. The number of nitro benzene ring substituents is 1. The fourth-order valence-corrected chi connectivity index (χ4v) is 2.46. The Bertz CT molecular complexity index is 465. The summed E-state index contributed by atoms with van der Waals surface area (Å²) in [6.45, 7) is 3.29. The maximum Gasteiger partial charge on any atom is 0.292 e. The Labute approximate surface area is 106 Å². The SMILES string of the molecule is Cc1cccc([N+](=O)[O-])c1N1CCC(C=O)CC1. The second-order valence-electron chi connectivity index (χ2n) is 4.66. The number of carbonyl (C=O) groups excluding carboxylic acids is 1. The predicted octanol–water partition coefficient (Wildman–Crippen LogP) is 2.32.